The first kappa shape index (κ1) is 17.5. The van der Waals surface area contributed by atoms with E-state index < -0.39 is 12.6 Å². The molecule has 0 aliphatic heterocycles. The molecule has 118 valence electrons. The van der Waals surface area contributed by atoms with Crippen LogP contribution in [-0.2, 0) is 16.0 Å². The van der Waals surface area contributed by atoms with Crippen LogP contribution in [-0.4, -0.2) is 38.9 Å². The highest BCUT2D eigenvalue weighted by atomic mass is 19.4. The van der Waals surface area contributed by atoms with Crippen LogP contribution in [0.2, 0.25) is 0 Å². The summed E-state index contributed by atoms with van der Waals surface area (Å²) in [5.74, 6) is -0.251. The van der Waals surface area contributed by atoms with Gasteiger partial charge in [0.2, 0.25) is 5.91 Å². The fraction of sp³-hybridized carbons (Fsp3) is 0.500. The topological polar surface area (TPSA) is 50.4 Å². The van der Waals surface area contributed by atoms with E-state index in [1.54, 1.807) is 31.4 Å². The monoisotopic (exact) mass is 304 g/mol. The Bertz CT molecular complexity index is 450. The summed E-state index contributed by atoms with van der Waals surface area (Å²) >= 11 is 0. The fourth-order valence-electron chi connectivity index (χ4n) is 1.67. The van der Waals surface area contributed by atoms with Gasteiger partial charge in [-0.2, -0.15) is 13.2 Å². The van der Waals surface area contributed by atoms with Crippen LogP contribution < -0.4 is 10.6 Å². The van der Waals surface area contributed by atoms with Crippen LogP contribution in [0.4, 0.5) is 18.9 Å². The van der Waals surface area contributed by atoms with Gasteiger partial charge in [-0.05, 0) is 24.1 Å². The van der Waals surface area contributed by atoms with Gasteiger partial charge in [-0.1, -0.05) is 12.1 Å². The van der Waals surface area contributed by atoms with Crippen molar-refractivity contribution in [1.29, 1.82) is 0 Å². The van der Waals surface area contributed by atoms with Crippen LogP contribution >= 0.6 is 0 Å². The Hall–Kier alpha value is -1.60. The molecule has 1 amide bonds. The molecule has 0 aliphatic carbocycles. The zero-order valence-electron chi connectivity index (χ0n) is 11.8. The Kier molecular flexibility index (Phi) is 7.18. The largest absolute Gasteiger partial charge is 0.389 e. The third kappa shape index (κ3) is 8.31. The molecule has 1 rings (SSSR count). The summed E-state index contributed by atoms with van der Waals surface area (Å²) in [5.41, 5.74) is 1.03. The highest BCUT2D eigenvalue weighted by Gasteiger charge is 2.26. The van der Waals surface area contributed by atoms with Crippen molar-refractivity contribution in [1.82, 2.24) is 5.32 Å². The standard InChI is InChI=1S/C14H19F3N2O2/c1-21-8-7-18-10-13(20)19-12-4-2-3-11(9-12)5-6-14(15,16)17/h2-4,9,18H,5-8,10H2,1H3,(H,19,20). The second-order valence-corrected chi connectivity index (χ2v) is 4.53. The predicted octanol–water partition coefficient (Wildman–Crippen LogP) is 2.36. The molecule has 7 heteroatoms. The van der Waals surface area contributed by atoms with Gasteiger partial charge in [-0.25, -0.2) is 0 Å². The third-order valence-corrected chi connectivity index (χ3v) is 2.68. The van der Waals surface area contributed by atoms with Crippen molar-refractivity contribution >= 4 is 11.6 Å². The number of ether oxygens (including phenoxy) is 1. The number of carbonyl (C=O) groups is 1. The molecule has 0 atom stereocenters. The first-order valence-electron chi connectivity index (χ1n) is 6.56. The summed E-state index contributed by atoms with van der Waals surface area (Å²) in [5, 5.41) is 5.51. The van der Waals surface area contributed by atoms with Gasteiger partial charge in [-0.3, -0.25) is 4.79 Å². The summed E-state index contributed by atoms with van der Waals surface area (Å²) in [6.45, 7) is 1.17. The van der Waals surface area contributed by atoms with Crippen LogP contribution in [0.1, 0.15) is 12.0 Å². The highest BCUT2D eigenvalue weighted by Crippen LogP contribution is 2.23. The van der Waals surface area contributed by atoms with Crippen LogP contribution in [0.3, 0.4) is 0 Å². The van der Waals surface area contributed by atoms with E-state index in [1.165, 1.54) is 0 Å². The summed E-state index contributed by atoms with van der Waals surface area (Å²) < 4.78 is 41.3. The van der Waals surface area contributed by atoms with Crippen molar-refractivity contribution in [3.05, 3.63) is 29.8 Å². The first-order valence-corrected chi connectivity index (χ1v) is 6.56. The molecule has 1 aromatic rings. The lowest BCUT2D eigenvalue weighted by Gasteiger charge is -2.09. The molecule has 0 bridgehead atoms. The van der Waals surface area contributed by atoms with Crippen molar-refractivity contribution in [2.24, 2.45) is 0 Å². The fourth-order valence-corrected chi connectivity index (χ4v) is 1.67. The summed E-state index contributed by atoms with van der Waals surface area (Å²) in [6, 6.07) is 6.43. The minimum absolute atomic E-state index is 0.0979. The Morgan fingerprint density at radius 3 is 2.76 bits per heavy atom. The van der Waals surface area contributed by atoms with Crippen molar-refractivity contribution in [2.45, 2.75) is 19.0 Å². The maximum atomic E-state index is 12.2. The average Bonchev–Trinajstić information content (AvgIpc) is 2.41. The number of benzene rings is 1. The molecule has 0 aliphatic rings. The van der Waals surface area contributed by atoms with E-state index in [0.717, 1.165) is 0 Å². The van der Waals surface area contributed by atoms with Crippen LogP contribution in [0.5, 0.6) is 0 Å². The highest BCUT2D eigenvalue weighted by molar-refractivity contribution is 5.92. The van der Waals surface area contributed by atoms with Gasteiger partial charge in [0.05, 0.1) is 13.2 Å². The maximum absolute atomic E-state index is 12.2. The number of alkyl halides is 3. The third-order valence-electron chi connectivity index (χ3n) is 2.68. The maximum Gasteiger partial charge on any atom is 0.389 e. The van der Waals surface area contributed by atoms with E-state index >= 15 is 0 Å². The average molecular weight is 304 g/mol. The zero-order chi connectivity index (χ0) is 15.7. The van der Waals surface area contributed by atoms with Crippen molar-refractivity contribution < 1.29 is 22.7 Å². The summed E-state index contributed by atoms with van der Waals surface area (Å²) in [6.07, 6.45) is -5.15. The zero-order valence-corrected chi connectivity index (χ0v) is 11.8. The van der Waals surface area contributed by atoms with E-state index in [4.69, 9.17) is 4.74 Å². The number of anilines is 1. The number of hydrogen-bond acceptors (Lipinski definition) is 3. The molecule has 2 N–H and O–H groups in total. The van der Waals surface area contributed by atoms with Crippen molar-refractivity contribution in [3.8, 4) is 0 Å². The lowest BCUT2D eigenvalue weighted by Crippen LogP contribution is -2.30. The Morgan fingerprint density at radius 2 is 2.10 bits per heavy atom. The Morgan fingerprint density at radius 1 is 1.33 bits per heavy atom. The minimum atomic E-state index is -4.18. The van der Waals surface area contributed by atoms with Gasteiger partial charge in [0.25, 0.3) is 0 Å². The van der Waals surface area contributed by atoms with E-state index in [1.807, 2.05) is 0 Å². The van der Waals surface area contributed by atoms with Crippen LogP contribution in [0.25, 0.3) is 0 Å². The van der Waals surface area contributed by atoms with Gasteiger partial charge < -0.3 is 15.4 Å². The van der Waals surface area contributed by atoms with Crippen molar-refractivity contribution in [3.63, 3.8) is 0 Å². The molecule has 21 heavy (non-hydrogen) atoms. The predicted molar refractivity (Wildman–Crippen MR) is 74.2 cm³/mol. The first-order chi connectivity index (χ1) is 9.90. The lowest BCUT2D eigenvalue weighted by atomic mass is 10.1. The Labute approximate surface area is 121 Å². The normalized spacial score (nSPS) is 11.4. The molecule has 1 aromatic carbocycles. The van der Waals surface area contributed by atoms with Crippen molar-refractivity contribution in [2.75, 3.05) is 32.1 Å². The molecule has 0 radical (unpaired) electrons. The quantitative estimate of drug-likeness (QED) is 0.725. The molecule has 0 saturated carbocycles. The number of hydrogen-bond donors (Lipinski definition) is 2. The number of methoxy groups -OCH3 is 1. The van der Waals surface area contributed by atoms with E-state index in [2.05, 4.69) is 10.6 Å². The smallest absolute Gasteiger partial charge is 0.383 e. The molecule has 0 saturated heterocycles. The SMILES string of the molecule is COCCNCC(=O)Nc1cccc(CCC(F)(F)F)c1. The van der Waals surface area contributed by atoms with E-state index in [9.17, 15) is 18.0 Å². The van der Waals surface area contributed by atoms with Gasteiger partial charge in [-0.15, -0.1) is 0 Å². The number of aryl methyl sites for hydroxylation is 1. The van der Waals surface area contributed by atoms with Gasteiger partial charge in [0.1, 0.15) is 0 Å². The number of nitrogens with one attached hydrogen (secondary N) is 2. The van der Waals surface area contributed by atoms with Crippen LogP contribution in [0, 0.1) is 0 Å². The molecule has 0 spiro atoms. The Balaban J connectivity index is 2.43. The molecule has 0 heterocycles. The second kappa shape index (κ2) is 8.63. The van der Waals surface area contributed by atoms with Crippen LogP contribution in [0.15, 0.2) is 24.3 Å². The molecular weight excluding hydrogens is 285 g/mol. The number of carbonyl (C=O) groups excluding carboxylic acids is 1. The summed E-state index contributed by atoms with van der Waals surface area (Å²) in [7, 11) is 1.56. The molecular formula is C14H19F3N2O2. The second-order valence-electron chi connectivity index (χ2n) is 4.53. The molecule has 0 fully saturated rings. The number of amides is 1. The lowest BCUT2D eigenvalue weighted by molar-refractivity contribution is -0.134. The van der Waals surface area contributed by atoms with Gasteiger partial charge in [0.15, 0.2) is 0 Å². The molecule has 0 unspecified atom stereocenters. The molecule has 4 nitrogen and oxygen atoms in total. The minimum Gasteiger partial charge on any atom is -0.383 e. The van der Waals surface area contributed by atoms with Gasteiger partial charge in [0, 0.05) is 25.8 Å². The van der Waals surface area contributed by atoms with Gasteiger partial charge >= 0.3 is 6.18 Å². The van der Waals surface area contributed by atoms with E-state index in [0.29, 0.717) is 24.4 Å². The van der Waals surface area contributed by atoms with E-state index in [-0.39, 0.29) is 18.9 Å². The molecule has 0 aromatic heterocycles. The number of halogens is 3. The summed E-state index contributed by atoms with van der Waals surface area (Å²) in [4.78, 5) is 11.6. The number of rotatable bonds is 8.